The summed E-state index contributed by atoms with van der Waals surface area (Å²) in [4.78, 5) is 4.44. The third-order valence-electron chi connectivity index (χ3n) is 2.62. The number of rotatable bonds is 6. The van der Waals surface area contributed by atoms with Crippen molar-refractivity contribution in [1.82, 2.24) is 4.98 Å². The van der Waals surface area contributed by atoms with Crippen LogP contribution in [0.2, 0.25) is 0 Å². The Hall–Kier alpha value is -1.75. The predicted octanol–water partition coefficient (Wildman–Crippen LogP) is 3.09. The molecule has 0 bridgehead atoms. The lowest BCUT2D eigenvalue weighted by molar-refractivity contribution is 0.340. The summed E-state index contributed by atoms with van der Waals surface area (Å²) in [5, 5.41) is 6.55. The van der Waals surface area contributed by atoms with Crippen LogP contribution in [0.3, 0.4) is 0 Å². The van der Waals surface area contributed by atoms with Gasteiger partial charge in [-0.15, -0.1) is 11.3 Å². The van der Waals surface area contributed by atoms with Crippen LogP contribution in [0, 0.1) is 6.92 Å². The molecule has 0 amide bonds. The largest absolute Gasteiger partial charge is 0.494 e. The van der Waals surface area contributed by atoms with Gasteiger partial charge in [-0.05, 0) is 19.9 Å². The van der Waals surface area contributed by atoms with Crippen molar-refractivity contribution in [2.75, 3.05) is 24.2 Å². The fourth-order valence-corrected chi connectivity index (χ4v) is 2.48. The number of nitrogen functional groups attached to an aromatic ring is 1. The van der Waals surface area contributed by atoms with Crippen LogP contribution in [0.1, 0.15) is 17.6 Å². The molecule has 2 aromatic rings. The van der Waals surface area contributed by atoms with Crippen molar-refractivity contribution in [3.8, 4) is 5.75 Å². The molecule has 1 heterocycles. The van der Waals surface area contributed by atoms with Gasteiger partial charge in [-0.3, -0.25) is 0 Å². The maximum atomic E-state index is 5.85. The fraction of sp³-hybridized carbons (Fsp3) is 0.357. The van der Waals surface area contributed by atoms with Gasteiger partial charge in [0.2, 0.25) is 0 Å². The molecule has 2 rings (SSSR count). The molecule has 102 valence electrons. The second kappa shape index (κ2) is 6.43. The van der Waals surface area contributed by atoms with Crippen molar-refractivity contribution in [2.45, 2.75) is 20.3 Å². The van der Waals surface area contributed by atoms with Crippen molar-refractivity contribution in [3.05, 3.63) is 34.3 Å². The zero-order chi connectivity index (χ0) is 13.7. The Bertz CT molecular complexity index is 539. The first-order valence-electron chi connectivity index (χ1n) is 6.35. The van der Waals surface area contributed by atoms with Crippen LogP contribution in [0.25, 0.3) is 0 Å². The molecule has 0 radical (unpaired) electrons. The number of thiazole rings is 1. The minimum atomic E-state index is 0.640. The third-order valence-corrected chi connectivity index (χ3v) is 3.44. The molecular weight excluding hydrogens is 258 g/mol. The highest BCUT2D eigenvalue weighted by Crippen LogP contribution is 2.22. The van der Waals surface area contributed by atoms with Crippen LogP contribution < -0.4 is 15.8 Å². The Balaban J connectivity index is 1.91. The van der Waals surface area contributed by atoms with Crippen LogP contribution in [0.4, 0.5) is 11.4 Å². The number of ether oxygens (including phenoxy) is 1. The first-order valence-corrected chi connectivity index (χ1v) is 7.23. The van der Waals surface area contributed by atoms with Crippen molar-refractivity contribution >= 4 is 22.7 Å². The van der Waals surface area contributed by atoms with Crippen LogP contribution in [0.5, 0.6) is 5.75 Å². The first kappa shape index (κ1) is 13.7. The van der Waals surface area contributed by atoms with Gasteiger partial charge in [0.25, 0.3) is 0 Å². The van der Waals surface area contributed by atoms with Crippen molar-refractivity contribution < 1.29 is 4.74 Å². The van der Waals surface area contributed by atoms with Gasteiger partial charge in [-0.2, -0.15) is 0 Å². The van der Waals surface area contributed by atoms with E-state index in [4.69, 9.17) is 10.5 Å². The van der Waals surface area contributed by atoms with E-state index in [0.29, 0.717) is 12.3 Å². The minimum Gasteiger partial charge on any atom is -0.494 e. The standard InChI is InChI=1S/C14H19N3OS/c1-3-18-14-7-11(15)6-13(8-14)16-5-4-12-9-19-10(2)17-12/h6-9,16H,3-5,15H2,1-2H3. The monoisotopic (exact) mass is 277 g/mol. The number of nitrogens with two attached hydrogens (primary N) is 1. The van der Waals surface area contributed by atoms with Gasteiger partial charge in [0.15, 0.2) is 0 Å². The number of benzene rings is 1. The average Bonchev–Trinajstić information content (AvgIpc) is 2.75. The molecule has 19 heavy (non-hydrogen) atoms. The predicted molar refractivity (Wildman–Crippen MR) is 81.1 cm³/mol. The summed E-state index contributed by atoms with van der Waals surface area (Å²) in [7, 11) is 0. The van der Waals surface area contributed by atoms with Crippen LogP contribution in [-0.4, -0.2) is 18.1 Å². The molecule has 0 saturated heterocycles. The molecule has 0 aliphatic heterocycles. The first-order chi connectivity index (χ1) is 9.17. The molecule has 0 aliphatic carbocycles. The normalized spacial score (nSPS) is 10.4. The van der Waals surface area contributed by atoms with Crippen molar-refractivity contribution in [1.29, 1.82) is 0 Å². The van der Waals surface area contributed by atoms with Gasteiger partial charge in [0.05, 0.1) is 17.3 Å². The molecule has 0 aliphatic rings. The molecule has 5 heteroatoms. The van der Waals surface area contributed by atoms with Crippen molar-refractivity contribution in [3.63, 3.8) is 0 Å². The molecule has 0 atom stereocenters. The number of hydrogen-bond acceptors (Lipinski definition) is 5. The van der Waals surface area contributed by atoms with E-state index in [-0.39, 0.29) is 0 Å². The van der Waals surface area contributed by atoms with Crippen LogP contribution in [0.15, 0.2) is 23.6 Å². The van der Waals surface area contributed by atoms with E-state index in [2.05, 4.69) is 15.7 Å². The summed E-state index contributed by atoms with van der Waals surface area (Å²) < 4.78 is 5.46. The smallest absolute Gasteiger partial charge is 0.123 e. The van der Waals surface area contributed by atoms with E-state index < -0.39 is 0 Å². The Kier molecular flexibility index (Phi) is 4.63. The van der Waals surface area contributed by atoms with Gasteiger partial charge in [0, 0.05) is 41.9 Å². The van der Waals surface area contributed by atoms with E-state index in [1.165, 1.54) is 0 Å². The lowest BCUT2D eigenvalue weighted by Gasteiger charge is -2.10. The topological polar surface area (TPSA) is 60.2 Å². The molecular formula is C14H19N3OS. The summed E-state index contributed by atoms with van der Waals surface area (Å²) in [5.74, 6) is 0.800. The van der Waals surface area contributed by atoms with Crippen molar-refractivity contribution in [2.24, 2.45) is 0 Å². The molecule has 0 fully saturated rings. The highest BCUT2D eigenvalue weighted by atomic mass is 32.1. The SMILES string of the molecule is CCOc1cc(N)cc(NCCc2csc(C)n2)c1. The van der Waals surface area contributed by atoms with E-state index in [1.54, 1.807) is 11.3 Å². The molecule has 0 unspecified atom stereocenters. The number of hydrogen-bond donors (Lipinski definition) is 2. The third kappa shape index (κ3) is 4.13. The maximum Gasteiger partial charge on any atom is 0.123 e. The van der Waals surface area contributed by atoms with E-state index >= 15 is 0 Å². The molecule has 0 spiro atoms. The summed E-state index contributed by atoms with van der Waals surface area (Å²) in [6.45, 7) is 5.45. The van der Waals surface area contributed by atoms with E-state index in [0.717, 1.165) is 35.1 Å². The summed E-state index contributed by atoms with van der Waals surface area (Å²) in [6.07, 6.45) is 0.906. The minimum absolute atomic E-state index is 0.640. The van der Waals surface area contributed by atoms with E-state index in [9.17, 15) is 0 Å². The maximum absolute atomic E-state index is 5.85. The molecule has 1 aromatic heterocycles. The lowest BCUT2D eigenvalue weighted by atomic mass is 10.2. The molecule has 0 saturated carbocycles. The number of anilines is 2. The molecule has 4 nitrogen and oxygen atoms in total. The number of nitrogens with one attached hydrogen (secondary N) is 1. The number of nitrogens with zero attached hydrogens (tertiary/aromatic N) is 1. The zero-order valence-electron chi connectivity index (χ0n) is 11.3. The average molecular weight is 277 g/mol. The summed E-state index contributed by atoms with van der Waals surface area (Å²) >= 11 is 1.68. The zero-order valence-corrected chi connectivity index (χ0v) is 12.1. The Morgan fingerprint density at radius 2 is 2.21 bits per heavy atom. The van der Waals surface area contributed by atoms with Gasteiger partial charge < -0.3 is 15.8 Å². The quantitative estimate of drug-likeness (QED) is 0.797. The van der Waals surface area contributed by atoms with Crippen LogP contribution >= 0.6 is 11.3 Å². The van der Waals surface area contributed by atoms with Gasteiger partial charge in [0.1, 0.15) is 5.75 Å². The fourth-order valence-electron chi connectivity index (χ4n) is 1.83. The molecule has 3 N–H and O–H groups in total. The number of aromatic nitrogens is 1. The summed E-state index contributed by atoms with van der Waals surface area (Å²) in [6, 6.07) is 5.71. The van der Waals surface area contributed by atoms with Gasteiger partial charge >= 0.3 is 0 Å². The number of aryl methyl sites for hydroxylation is 1. The molecule has 1 aromatic carbocycles. The Morgan fingerprint density at radius 3 is 2.89 bits per heavy atom. The summed E-state index contributed by atoms with van der Waals surface area (Å²) in [5.41, 5.74) is 8.66. The Morgan fingerprint density at radius 1 is 1.37 bits per heavy atom. The van der Waals surface area contributed by atoms with Gasteiger partial charge in [-0.1, -0.05) is 0 Å². The lowest BCUT2D eigenvalue weighted by Crippen LogP contribution is -2.06. The highest BCUT2D eigenvalue weighted by molar-refractivity contribution is 7.09. The second-order valence-electron chi connectivity index (χ2n) is 4.26. The van der Waals surface area contributed by atoms with Crippen LogP contribution in [-0.2, 0) is 6.42 Å². The Labute approximate surface area is 117 Å². The van der Waals surface area contributed by atoms with E-state index in [1.807, 2.05) is 32.0 Å². The second-order valence-corrected chi connectivity index (χ2v) is 5.32. The highest BCUT2D eigenvalue weighted by Gasteiger charge is 2.01. The van der Waals surface area contributed by atoms with Gasteiger partial charge in [-0.25, -0.2) is 4.98 Å².